The molecule has 0 bridgehead atoms. The van der Waals surface area contributed by atoms with E-state index in [0.29, 0.717) is 25.7 Å². The van der Waals surface area contributed by atoms with E-state index in [0.717, 1.165) is 108 Å². The Hall–Kier alpha value is -1.94. The van der Waals surface area contributed by atoms with Gasteiger partial charge < -0.3 is 33.8 Å². The molecule has 0 rings (SSSR count). The topological polar surface area (TPSA) is 237 Å². The van der Waals surface area contributed by atoms with E-state index in [1.165, 1.54) is 193 Å². The highest BCUT2D eigenvalue weighted by atomic mass is 31.2. The van der Waals surface area contributed by atoms with Crippen LogP contribution in [0.3, 0.4) is 0 Å². The Labute approximate surface area is 568 Å². The van der Waals surface area contributed by atoms with Crippen molar-refractivity contribution < 1.29 is 80.2 Å². The molecule has 0 heterocycles. The lowest BCUT2D eigenvalue weighted by molar-refractivity contribution is -0.161. The molecule has 0 saturated carbocycles. The molecule has 0 aliphatic carbocycles. The molecule has 0 aliphatic rings. The molecule has 0 aromatic rings. The lowest BCUT2D eigenvalue weighted by atomic mass is 10.0. The van der Waals surface area contributed by atoms with Gasteiger partial charge in [-0.1, -0.05) is 330 Å². The third-order valence-corrected chi connectivity index (χ3v) is 19.1. The number of carbonyl (C=O) groups is 4. The average Bonchev–Trinajstić information content (AvgIpc) is 3.28. The molecule has 0 radical (unpaired) electrons. The first-order valence-electron chi connectivity index (χ1n) is 38.5. The Bertz CT molecular complexity index is 1800. The zero-order valence-corrected chi connectivity index (χ0v) is 62.3. The molecule has 2 unspecified atom stereocenters. The maximum Gasteiger partial charge on any atom is 0.472 e. The van der Waals surface area contributed by atoms with Crippen LogP contribution < -0.4 is 0 Å². The van der Waals surface area contributed by atoms with Crippen molar-refractivity contribution in [3.05, 3.63) is 0 Å². The molecule has 3 N–H and O–H groups in total. The lowest BCUT2D eigenvalue weighted by Gasteiger charge is -2.21. The summed E-state index contributed by atoms with van der Waals surface area (Å²) in [6, 6.07) is 0. The molecule has 0 saturated heterocycles. The van der Waals surface area contributed by atoms with Crippen LogP contribution >= 0.6 is 15.6 Å². The van der Waals surface area contributed by atoms with E-state index in [1.54, 1.807) is 0 Å². The zero-order chi connectivity index (χ0) is 68.6. The van der Waals surface area contributed by atoms with Crippen LogP contribution in [0.5, 0.6) is 0 Å². The lowest BCUT2D eigenvalue weighted by Crippen LogP contribution is -2.30. The van der Waals surface area contributed by atoms with Gasteiger partial charge in [0, 0.05) is 25.7 Å². The second kappa shape index (κ2) is 66.0. The summed E-state index contributed by atoms with van der Waals surface area (Å²) >= 11 is 0. The number of phosphoric ester groups is 2. The molecule has 5 atom stereocenters. The quantitative estimate of drug-likeness (QED) is 0.0222. The summed E-state index contributed by atoms with van der Waals surface area (Å²) in [7, 11) is -9.90. The normalized spacial score (nSPS) is 14.1. The number of aliphatic hydroxyl groups is 1. The highest BCUT2D eigenvalue weighted by Crippen LogP contribution is 2.45. The number of rotatable bonds is 73. The third-order valence-electron chi connectivity index (χ3n) is 17.2. The zero-order valence-electron chi connectivity index (χ0n) is 60.6. The van der Waals surface area contributed by atoms with Gasteiger partial charge in [0.2, 0.25) is 0 Å². The second-order valence-corrected chi connectivity index (χ2v) is 30.5. The van der Waals surface area contributed by atoms with Crippen LogP contribution in [-0.4, -0.2) is 96.7 Å². The van der Waals surface area contributed by atoms with E-state index in [-0.39, 0.29) is 25.7 Å². The van der Waals surface area contributed by atoms with E-state index in [9.17, 15) is 43.2 Å². The van der Waals surface area contributed by atoms with Gasteiger partial charge >= 0.3 is 39.5 Å². The number of hydrogen-bond donors (Lipinski definition) is 3. The SMILES string of the molecule is CCCCCCCCCCCCCCCCC(=O)OC[C@H](COP(=O)(O)OC[C@@H](O)COP(=O)(O)OC[C@@H](COC(=O)CCCCCCC)OC(=O)CCCCCCCCCCCCC(C)C)OC(=O)CCCCCCCCCCCCCCCCCCCCC(C)C. The molecule has 0 aromatic carbocycles. The maximum absolute atomic E-state index is 13.1. The second-order valence-electron chi connectivity index (χ2n) is 27.6. The fourth-order valence-electron chi connectivity index (χ4n) is 11.3. The Kier molecular flexibility index (Phi) is 64.6. The van der Waals surface area contributed by atoms with E-state index in [4.69, 9.17) is 37.0 Å². The standard InChI is InChI=1S/C74H144O17P2/c1-7-9-11-13-14-15-16-17-25-28-34-39-45-51-57-72(77)85-63-70(91-74(79)58-52-46-40-35-29-26-23-21-19-18-20-22-24-27-32-37-43-48-54-66(3)4)65-89-93(82,83)87-61-68(75)60-86-92(80,81)88-64-69(62-84-71(76)56-50-42-12-10-8-2)90-73(78)59-53-47-41-36-31-30-33-38-44-49-55-67(5)6/h66-70,75H,7-65H2,1-6H3,(H,80,81)(H,82,83)/t68-,69+,70+/m0/s1. The third kappa shape index (κ3) is 68.4. The van der Waals surface area contributed by atoms with Crippen molar-refractivity contribution in [3.63, 3.8) is 0 Å². The van der Waals surface area contributed by atoms with Gasteiger partial charge in [-0.3, -0.25) is 37.3 Å². The van der Waals surface area contributed by atoms with Crippen LogP contribution in [0.2, 0.25) is 0 Å². The fraction of sp³-hybridized carbons (Fsp3) is 0.946. The number of unbranched alkanes of at least 4 members (excludes halogenated alkanes) is 43. The van der Waals surface area contributed by atoms with Crippen LogP contribution in [0.1, 0.15) is 382 Å². The first-order valence-corrected chi connectivity index (χ1v) is 41.5. The van der Waals surface area contributed by atoms with Crippen LogP contribution in [0.4, 0.5) is 0 Å². The first kappa shape index (κ1) is 91.1. The highest BCUT2D eigenvalue weighted by molar-refractivity contribution is 7.47. The van der Waals surface area contributed by atoms with Crippen molar-refractivity contribution >= 4 is 39.5 Å². The van der Waals surface area contributed by atoms with Crippen molar-refractivity contribution in [2.75, 3.05) is 39.6 Å². The van der Waals surface area contributed by atoms with Crippen molar-refractivity contribution in [2.24, 2.45) is 11.8 Å². The summed E-state index contributed by atoms with van der Waals surface area (Å²) in [6.45, 7) is 9.52. The van der Waals surface area contributed by atoms with Crippen LogP contribution in [0.25, 0.3) is 0 Å². The van der Waals surface area contributed by atoms with Gasteiger partial charge in [-0.05, 0) is 37.5 Å². The molecule has 93 heavy (non-hydrogen) atoms. The average molecular weight is 1370 g/mol. The molecule has 0 amide bonds. The minimum atomic E-state index is -4.95. The van der Waals surface area contributed by atoms with E-state index < -0.39 is 97.5 Å². The summed E-state index contributed by atoms with van der Waals surface area (Å²) in [5.41, 5.74) is 0. The van der Waals surface area contributed by atoms with Crippen LogP contribution in [-0.2, 0) is 65.4 Å². The van der Waals surface area contributed by atoms with Gasteiger partial charge in [0.15, 0.2) is 12.2 Å². The Morgan fingerprint density at radius 1 is 0.290 bits per heavy atom. The summed E-state index contributed by atoms with van der Waals surface area (Å²) in [5, 5.41) is 10.6. The molecule has 0 fully saturated rings. The van der Waals surface area contributed by atoms with Crippen LogP contribution in [0, 0.1) is 11.8 Å². The molecule has 0 aromatic heterocycles. The highest BCUT2D eigenvalue weighted by Gasteiger charge is 2.30. The number of ether oxygens (including phenoxy) is 4. The van der Waals surface area contributed by atoms with Crippen molar-refractivity contribution in [1.82, 2.24) is 0 Å². The number of esters is 4. The fourth-order valence-corrected chi connectivity index (χ4v) is 12.9. The van der Waals surface area contributed by atoms with Gasteiger partial charge in [0.05, 0.1) is 26.4 Å². The number of phosphoric acid groups is 2. The van der Waals surface area contributed by atoms with Gasteiger partial charge in [0.25, 0.3) is 0 Å². The molecular weight excluding hydrogens is 1220 g/mol. The van der Waals surface area contributed by atoms with Crippen molar-refractivity contribution in [2.45, 2.75) is 400 Å². The number of carbonyl (C=O) groups excluding carboxylic acids is 4. The summed E-state index contributed by atoms with van der Waals surface area (Å²) < 4.78 is 68.2. The largest absolute Gasteiger partial charge is 0.472 e. The number of hydrogen-bond acceptors (Lipinski definition) is 15. The Balaban J connectivity index is 5.12. The predicted octanol–water partition coefficient (Wildman–Crippen LogP) is 21.6. The smallest absolute Gasteiger partial charge is 0.462 e. The minimum absolute atomic E-state index is 0.105. The Morgan fingerprint density at radius 2 is 0.495 bits per heavy atom. The molecule has 552 valence electrons. The summed E-state index contributed by atoms with van der Waals surface area (Å²) in [6.07, 6.45) is 53.2. The summed E-state index contributed by atoms with van der Waals surface area (Å²) in [4.78, 5) is 72.4. The molecular formula is C74H144O17P2. The molecule has 0 spiro atoms. The molecule has 17 nitrogen and oxygen atoms in total. The van der Waals surface area contributed by atoms with E-state index in [2.05, 4.69) is 41.5 Å². The summed E-state index contributed by atoms with van der Waals surface area (Å²) in [5.74, 6) is -0.557. The minimum Gasteiger partial charge on any atom is -0.462 e. The Morgan fingerprint density at radius 3 is 0.731 bits per heavy atom. The van der Waals surface area contributed by atoms with E-state index in [1.807, 2.05) is 0 Å². The maximum atomic E-state index is 13.1. The van der Waals surface area contributed by atoms with E-state index >= 15 is 0 Å². The van der Waals surface area contributed by atoms with Gasteiger partial charge in [-0.15, -0.1) is 0 Å². The number of aliphatic hydroxyl groups excluding tert-OH is 1. The monoisotopic (exact) mass is 1370 g/mol. The first-order chi connectivity index (χ1) is 44.9. The van der Waals surface area contributed by atoms with Gasteiger partial charge in [0.1, 0.15) is 19.3 Å². The molecule has 19 heteroatoms. The molecule has 0 aliphatic heterocycles. The van der Waals surface area contributed by atoms with Gasteiger partial charge in [-0.2, -0.15) is 0 Å². The van der Waals surface area contributed by atoms with Crippen molar-refractivity contribution in [1.29, 1.82) is 0 Å². The van der Waals surface area contributed by atoms with Crippen molar-refractivity contribution in [3.8, 4) is 0 Å². The van der Waals surface area contributed by atoms with Crippen LogP contribution in [0.15, 0.2) is 0 Å². The predicted molar refractivity (Wildman–Crippen MR) is 377 cm³/mol. The van der Waals surface area contributed by atoms with Gasteiger partial charge in [-0.25, -0.2) is 9.13 Å².